The van der Waals surface area contributed by atoms with Crippen LogP contribution in [0.25, 0.3) is 0 Å². The molecule has 2 unspecified atom stereocenters. The molecular weight excluding hydrogens is 312 g/mol. The van der Waals surface area contributed by atoms with E-state index in [1.165, 1.54) is 19.1 Å². The summed E-state index contributed by atoms with van der Waals surface area (Å²) in [4.78, 5) is 0. The highest BCUT2D eigenvalue weighted by atomic mass is 32.2. The summed E-state index contributed by atoms with van der Waals surface area (Å²) in [5, 5.41) is 7.71. The van der Waals surface area contributed by atoms with Crippen LogP contribution in [0.3, 0.4) is 0 Å². The van der Waals surface area contributed by atoms with Gasteiger partial charge in [-0.1, -0.05) is 19.1 Å². The van der Waals surface area contributed by atoms with Crippen LogP contribution in [0.4, 0.5) is 0 Å². The highest BCUT2D eigenvalue weighted by Crippen LogP contribution is 2.18. The summed E-state index contributed by atoms with van der Waals surface area (Å²) in [6.45, 7) is 3.19. The number of hydrogen-bond acceptors (Lipinski definition) is 5. The van der Waals surface area contributed by atoms with Gasteiger partial charge in [-0.05, 0) is 37.5 Å². The van der Waals surface area contributed by atoms with E-state index in [0.29, 0.717) is 12.8 Å². The molecule has 0 amide bonds. The van der Waals surface area contributed by atoms with E-state index in [-0.39, 0.29) is 11.5 Å². The minimum Gasteiger partial charge on any atom is -0.508 e. The van der Waals surface area contributed by atoms with Crippen LogP contribution in [0.5, 0.6) is 5.75 Å². The summed E-state index contributed by atoms with van der Waals surface area (Å²) in [5.41, 5.74) is 0.801. The molecule has 1 rings (SSSR count). The summed E-state index contributed by atoms with van der Waals surface area (Å²) < 4.78 is 47.6. The summed E-state index contributed by atoms with van der Waals surface area (Å²) in [5.74, 6) is -0.233. The number of aromatic hydroxyl groups is 1. The lowest BCUT2D eigenvalue weighted by Gasteiger charge is -2.18. The number of hydrogen-bond donors (Lipinski definition) is 1. The quantitative estimate of drug-likeness (QED) is 0.817. The van der Waals surface area contributed by atoms with Gasteiger partial charge >= 0.3 is 0 Å². The third-order valence-corrected chi connectivity index (χ3v) is 7.88. The monoisotopic (exact) mass is 334 g/mol. The Morgan fingerprint density at radius 1 is 1.10 bits per heavy atom. The van der Waals surface area contributed by atoms with Crippen LogP contribution in [-0.2, 0) is 26.1 Å². The van der Waals surface area contributed by atoms with Crippen molar-refractivity contribution in [1.82, 2.24) is 0 Å². The van der Waals surface area contributed by atoms with Gasteiger partial charge in [0.2, 0.25) is 0 Å². The van der Waals surface area contributed by atoms with E-state index in [0.717, 1.165) is 11.8 Å². The Morgan fingerprint density at radius 3 is 2.05 bits per heavy atom. The van der Waals surface area contributed by atoms with Gasteiger partial charge in [0.05, 0.1) is 16.3 Å². The maximum Gasteiger partial charge on any atom is 0.154 e. The second-order valence-electron chi connectivity index (χ2n) is 5.37. The third kappa shape index (κ3) is 5.32. The standard InChI is InChI=1S/C14H22O5S2/c1-4-14(9-12-5-7-13(15)8-6-12)21(18,19)10-11(2)20(3,16)17/h5-8,11,14-15H,4,9-10H2,1-3H3. The highest BCUT2D eigenvalue weighted by molar-refractivity contribution is 7.95. The number of phenols is 1. The van der Waals surface area contributed by atoms with Crippen molar-refractivity contribution in [3.8, 4) is 5.75 Å². The Bertz CT molecular complexity index is 660. The van der Waals surface area contributed by atoms with Gasteiger partial charge in [0, 0.05) is 6.26 Å². The van der Waals surface area contributed by atoms with E-state index in [4.69, 9.17) is 0 Å². The number of sulfone groups is 2. The molecule has 0 saturated carbocycles. The minimum absolute atomic E-state index is 0.125. The molecule has 7 heteroatoms. The molecule has 120 valence electrons. The average molecular weight is 334 g/mol. The smallest absolute Gasteiger partial charge is 0.154 e. The molecule has 2 atom stereocenters. The van der Waals surface area contributed by atoms with Crippen LogP contribution in [0, 0.1) is 0 Å². The van der Waals surface area contributed by atoms with Gasteiger partial charge in [-0.2, -0.15) is 0 Å². The topological polar surface area (TPSA) is 88.5 Å². The van der Waals surface area contributed by atoms with Gasteiger partial charge in [0.1, 0.15) is 5.75 Å². The number of phenolic OH excluding ortho intramolecular Hbond substituents is 1. The Balaban J connectivity index is 2.90. The fourth-order valence-corrected chi connectivity index (χ4v) is 5.45. The molecule has 0 aliphatic rings. The first kappa shape index (κ1) is 18.0. The molecule has 0 heterocycles. The molecule has 0 saturated heterocycles. The van der Waals surface area contributed by atoms with Crippen LogP contribution in [-0.4, -0.2) is 44.5 Å². The maximum absolute atomic E-state index is 12.4. The molecule has 1 N–H and O–H groups in total. The highest BCUT2D eigenvalue weighted by Gasteiger charge is 2.29. The first-order valence-electron chi connectivity index (χ1n) is 6.74. The van der Waals surface area contributed by atoms with E-state index < -0.39 is 30.2 Å². The fraction of sp³-hybridized carbons (Fsp3) is 0.571. The van der Waals surface area contributed by atoms with Gasteiger partial charge in [0.25, 0.3) is 0 Å². The van der Waals surface area contributed by atoms with E-state index in [1.807, 2.05) is 0 Å². The molecule has 5 nitrogen and oxygen atoms in total. The molecule has 21 heavy (non-hydrogen) atoms. The summed E-state index contributed by atoms with van der Waals surface area (Å²) in [6.07, 6.45) is 1.78. The van der Waals surface area contributed by atoms with Crippen LogP contribution in [0.1, 0.15) is 25.8 Å². The molecule has 0 radical (unpaired) electrons. The molecule has 1 aromatic carbocycles. The SMILES string of the molecule is CCC(Cc1ccc(O)cc1)S(=O)(=O)CC(C)S(C)(=O)=O. The van der Waals surface area contributed by atoms with Gasteiger partial charge in [-0.15, -0.1) is 0 Å². The van der Waals surface area contributed by atoms with Crippen LogP contribution in [0.2, 0.25) is 0 Å². The van der Waals surface area contributed by atoms with Crippen LogP contribution in [0.15, 0.2) is 24.3 Å². The minimum atomic E-state index is -3.50. The van der Waals surface area contributed by atoms with Crippen molar-refractivity contribution >= 4 is 19.7 Å². The van der Waals surface area contributed by atoms with Gasteiger partial charge in [0.15, 0.2) is 19.7 Å². The molecule has 0 aliphatic heterocycles. The zero-order chi connectivity index (χ0) is 16.3. The largest absolute Gasteiger partial charge is 0.508 e. The van der Waals surface area contributed by atoms with Gasteiger partial charge < -0.3 is 5.11 Å². The Morgan fingerprint density at radius 2 is 1.62 bits per heavy atom. The summed E-state index contributed by atoms with van der Waals surface area (Å²) in [6, 6.07) is 6.36. The second kappa shape index (κ2) is 6.79. The lowest BCUT2D eigenvalue weighted by Crippen LogP contribution is -2.33. The molecular formula is C14H22O5S2. The van der Waals surface area contributed by atoms with E-state index in [1.54, 1.807) is 19.1 Å². The molecule has 0 bridgehead atoms. The van der Waals surface area contributed by atoms with E-state index >= 15 is 0 Å². The van der Waals surface area contributed by atoms with Crippen molar-refractivity contribution in [2.75, 3.05) is 12.0 Å². The number of benzene rings is 1. The van der Waals surface area contributed by atoms with E-state index in [9.17, 15) is 21.9 Å². The summed E-state index contributed by atoms with van der Waals surface area (Å²) in [7, 11) is -6.87. The van der Waals surface area contributed by atoms with Crippen molar-refractivity contribution in [2.24, 2.45) is 0 Å². The van der Waals surface area contributed by atoms with Crippen molar-refractivity contribution in [1.29, 1.82) is 0 Å². The number of rotatable bonds is 7. The Hall–Kier alpha value is -1.08. The zero-order valence-electron chi connectivity index (χ0n) is 12.5. The van der Waals surface area contributed by atoms with Crippen molar-refractivity contribution < 1.29 is 21.9 Å². The zero-order valence-corrected chi connectivity index (χ0v) is 14.1. The van der Waals surface area contributed by atoms with Gasteiger partial charge in [-0.25, -0.2) is 16.8 Å². The van der Waals surface area contributed by atoms with E-state index in [2.05, 4.69) is 0 Å². The lowest BCUT2D eigenvalue weighted by atomic mass is 10.1. The first-order valence-corrected chi connectivity index (χ1v) is 10.4. The average Bonchev–Trinajstić information content (AvgIpc) is 2.36. The molecule has 0 aliphatic carbocycles. The Labute approximate surface area is 126 Å². The summed E-state index contributed by atoms with van der Waals surface area (Å²) >= 11 is 0. The maximum atomic E-state index is 12.4. The second-order valence-corrected chi connectivity index (χ2v) is 10.2. The molecule has 0 fully saturated rings. The first-order chi connectivity index (χ1) is 9.56. The molecule has 0 spiro atoms. The van der Waals surface area contributed by atoms with Crippen LogP contribution >= 0.6 is 0 Å². The third-order valence-electron chi connectivity index (χ3n) is 3.56. The van der Waals surface area contributed by atoms with Crippen molar-refractivity contribution in [3.63, 3.8) is 0 Å². The lowest BCUT2D eigenvalue weighted by molar-refractivity contribution is 0.475. The predicted octanol–water partition coefficient (Wildman–Crippen LogP) is 1.56. The normalized spacial score (nSPS) is 15.6. The molecule has 1 aromatic rings. The van der Waals surface area contributed by atoms with Crippen molar-refractivity contribution in [2.45, 2.75) is 37.2 Å². The molecule has 0 aromatic heterocycles. The predicted molar refractivity (Wildman–Crippen MR) is 84.0 cm³/mol. The van der Waals surface area contributed by atoms with Crippen molar-refractivity contribution in [3.05, 3.63) is 29.8 Å². The van der Waals surface area contributed by atoms with Gasteiger partial charge in [-0.3, -0.25) is 0 Å². The van der Waals surface area contributed by atoms with Crippen LogP contribution < -0.4 is 0 Å². The fourth-order valence-electron chi connectivity index (χ4n) is 2.01. The Kier molecular flexibility index (Phi) is 5.81.